The Kier molecular flexibility index (Phi) is 5.71. The van der Waals surface area contributed by atoms with Crippen molar-refractivity contribution >= 4 is 33.3 Å². The summed E-state index contributed by atoms with van der Waals surface area (Å²) in [6, 6.07) is 3.50. The van der Waals surface area contributed by atoms with Crippen LogP contribution in [-0.4, -0.2) is 25.5 Å². The molecule has 2 aromatic rings. The predicted molar refractivity (Wildman–Crippen MR) is 89.6 cm³/mol. The molecule has 2 rings (SSSR count). The molecule has 0 heterocycles. The van der Waals surface area contributed by atoms with Gasteiger partial charge in [0, 0.05) is 0 Å². The molecule has 0 saturated carbocycles. The van der Waals surface area contributed by atoms with Gasteiger partial charge < -0.3 is 5.11 Å². The number of hydrogen-bond donors (Lipinski definition) is 1. The van der Waals surface area contributed by atoms with E-state index in [2.05, 4.69) is 0 Å². The topological polar surface area (TPSA) is 74.7 Å². The van der Waals surface area contributed by atoms with E-state index in [4.69, 9.17) is 11.6 Å². The maximum atomic E-state index is 13.1. The molecule has 27 heavy (non-hydrogen) atoms. The smallest absolute Gasteiger partial charge is 0.416 e. The van der Waals surface area contributed by atoms with Crippen molar-refractivity contribution in [2.24, 2.45) is 0 Å². The minimum absolute atomic E-state index is 0.264. The van der Waals surface area contributed by atoms with Gasteiger partial charge in [-0.3, -0.25) is 4.31 Å². The lowest BCUT2D eigenvalue weighted by Crippen LogP contribution is -2.43. The van der Waals surface area contributed by atoms with E-state index in [0.717, 1.165) is 37.3 Å². The Morgan fingerprint density at radius 3 is 2.19 bits per heavy atom. The van der Waals surface area contributed by atoms with Crippen molar-refractivity contribution in [2.45, 2.75) is 24.0 Å². The molecule has 0 aliphatic heterocycles. The van der Waals surface area contributed by atoms with Crippen LogP contribution in [0, 0.1) is 5.82 Å². The first-order chi connectivity index (χ1) is 12.4. The Morgan fingerprint density at radius 2 is 1.70 bits per heavy atom. The van der Waals surface area contributed by atoms with Gasteiger partial charge in [-0.25, -0.2) is 17.6 Å². The minimum atomic E-state index is -4.81. The molecular formula is C16H12ClF4NO4S. The Morgan fingerprint density at radius 1 is 1.15 bits per heavy atom. The molecule has 0 radical (unpaired) electrons. The summed E-state index contributed by atoms with van der Waals surface area (Å²) < 4.78 is 78.2. The zero-order valence-corrected chi connectivity index (χ0v) is 15.1. The number of carboxylic acid groups (broad SMARTS) is 1. The van der Waals surface area contributed by atoms with Gasteiger partial charge in [0.15, 0.2) is 0 Å². The third kappa shape index (κ3) is 4.33. The highest BCUT2D eigenvalue weighted by Crippen LogP contribution is 2.38. The second-order valence-electron chi connectivity index (χ2n) is 5.43. The Bertz CT molecular complexity index is 961. The van der Waals surface area contributed by atoms with Crippen LogP contribution in [0.1, 0.15) is 12.5 Å². The second-order valence-corrected chi connectivity index (χ2v) is 7.66. The van der Waals surface area contributed by atoms with Crippen molar-refractivity contribution in [2.75, 3.05) is 4.31 Å². The van der Waals surface area contributed by atoms with Crippen LogP contribution in [0.5, 0.6) is 0 Å². The minimum Gasteiger partial charge on any atom is -0.480 e. The van der Waals surface area contributed by atoms with Gasteiger partial charge >= 0.3 is 12.1 Å². The van der Waals surface area contributed by atoms with Crippen LogP contribution in [0.15, 0.2) is 47.4 Å². The first kappa shape index (κ1) is 21.0. The van der Waals surface area contributed by atoms with Crippen LogP contribution >= 0.6 is 11.6 Å². The van der Waals surface area contributed by atoms with Crippen LogP contribution in [0.2, 0.25) is 5.02 Å². The molecule has 11 heteroatoms. The number of alkyl halides is 3. The van der Waals surface area contributed by atoms with Gasteiger partial charge in [-0.1, -0.05) is 11.6 Å². The number of halogens is 5. The summed E-state index contributed by atoms with van der Waals surface area (Å²) in [5.41, 5.74) is -1.87. The van der Waals surface area contributed by atoms with Gasteiger partial charge in [0.25, 0.3) is 10.0 Å². The normalized spacial score (nSPS) is 13.3. The van der Waals surface area contributed by atoms with Crippen LogP contribution in [-0.2, 0) is 21.0 Å². The molecule has 1 N–H and O–H groups in total. The van der Waals surface area contributed by atoms with Crippen molar-refractivity contribution in [1.82, 2.24) is 0 Å². The predicted octanol–water partition coefficient (Wildman–Crippen LogP) is 4.17. The van der Waals surface area contributed by atoms with E-state index in [0.29, 0.717) is 12.1 Å². The van der Waals surface area contributed by atoms with Crippen LogP contribution < -0.4 is 4.31 Å². The van der Waals surface area contributed by atoms with E-state index >= 15 is 0 Å². The second kappa shape index (κ2) is 7.35. The van der Waals surface area contributed by atoms with Gasteiger partial charge in [-0.2, -0.15) is 13.2 Å². The fourth-order valence-corrected chi connectivity index (χ4v) is 4.11. The SMILES string of the molecule is CC(C(=O)O)N(c1cc(C(F)(F)F)ccc1Cl)S(=O)(=O)c1ccc(F)cc1. The molecule has 2 aromatic carbocycles. The third-order valence-electron chi connectivity index (χ3n) is 3.59. The van der Waals surface area contributed by atoms with E-state index in [1.165, 1.54) is 0 Å². The van der Waals surface area contributed by atoms with Gasteiger partial charge in [-0.05, 0) is 49.4 Å². The number of anilines is 1. The molecule has 5 nitrogen and oxygen atoms in total. The molecule has 0 spiro atoms. The molecule has 1 unspecified atom stereocenters. The summed E-state index contributed by atoms with van der Waals surface area (Å²) in [6.45, 7) is 0.972. The lowest BCUT2D eigenvalue weighted by molar-refractivity contribution is -0.138. The molecule has 1 atom stereocenters. The monoisotopic (exact) mass is 425 g/mol. The highest BCUT2D eigenvalue weighted by Gasteiger charge is 2.37. The first-order valence-corrected chi connectivity index (χ1v) is 9.07. The van der Waals surface area contributed by atoms with Crippen LogP contribution in [0.4, 0.5) is 23.2 Å². The average molecular weight is 426 g/mol. The number of sulfonamides is 1. The number of hydrogen-bond acceptors (Lipinski definition) is 3. The molecule has 0 bridgehead atoms. The van der Waals surface area contributed by atoms with Crippen molar-refractivity contribution in [3.63, 3.8) is 0 Å². The fraction of sp³-hybridized carbons (Fsp3) is 0.188. The van der Waals surface area contributed by atoms with Crippen molar-refractivity contribution in [1.29, 1.82) is 0 Å². The highest BCUT2D eigenvalue weighted by molar-refractivity contribution is 7.93. The Balaban J connectivity index is 2.73. The quantitative estimate of drug-likeness (QED) is 0.730. The highest BCUT2D eigenvalue weighted by atomic mass is 35.5. The van der Waals surface area contributed by atoms with Crippen molar-refractivity contribution in [3.8, 4) is 0 Å². The average Bonchev–Trinajstić information content (AvgIpc) is 2.55. The Hall–Kier alpha value is -2.33. The van der Waals surface area contributed by atoms with Gasteiger partial charge in [0.2, 0.25) is 0 Å². The molecule has 0 fully saturated rings. The molecule has 0 aliphatic rings. The lowest BCUT2D eigenvalue weighted by Gasteiger charge is -2.29. The summed E-state index contributed by atoms with van der Waals surface area (Å²) in [4.78, 5) is 10.9. The molecule has 0 aromatic heterocycles. The lowest BCUT2D eigenvalue weighted by atomic mass is 10.2. The number of nitrogens with zero attached hydrogens (tertiary/aromatic N) is 1. The van der Waals surface area contributed by atoms with Crippen molar-refractivity contribution < 1.29 is 35.9 Å². The molecule has 0 aliphatic carbocycles. The molecule has 0 amide bonds. The summed E-state index contributed by atoms with van der Waals surface area (Å²) >= 11 is 5.88. The summed E-state index contributed by atoms with van der Waals surface area (Å²) in [7, 11) is -4.67. The zero-order chi connectivity index (χ0) is 20.6. The van der Waals surface area contributed by atoms with E-state index in [-0.39, 0.29) is 4.31 Å². The first-order valence-electron chi connectivity index (χ1n) is 7.25. The number of benzene rings is 2. The fourth-order valence-electron chi connectivity index (χ4n) is 2.22. The molecule has 0 saturated heterocycles. The van der Waals surface area contributed by atoms with E-state index in [1.54, 1.807) is 0 Å². The maximum absolute atomic E-state index is 13.1. The van der Waals surface area contributed by atoms with Crippen molar-refractivity contribution in [3.05, 3.63) is 58.9 Å². The Labute approximate surface area is 156 Å². The van der Waals surface area contributed by atoms with Gasteiger partial charge in [-0.15, -0.1) is 0 Å². The summed E-state index contributed by atoms with van der Waals surface area (Å²) in [6.07, 6.45) is -4.81. The third-order valence-corrected chi connectivity index (χ3v) is 5.81. The summed E-state index contributed by atoms with van der Waals surface area (Å²) in [5, 5.41) is 8.86. The van der Waals surface area contributed by atoms with E-state index in [9.17, 15) is 35.9 Å². The number of carboxylic acids is 1. The van der Waals surface area contributed by atoms with Crippen LogP contribution in [0.25, 0.3) is 0 Å². The molecular weight excluding hydrogens is 414 g/mol. The zero-order valence-electron chi connectivity index (χ0n) is 13.5. The van der Waals surface area contributed by atoms with E-state index in [1.807, 2.05) is 0 Å². The maximum Gasteiger partial charge on any atom is 0.416 e. The molecule has 146 valence electrons. The van der Waals surface area contributed by atoms with E-state index < -0.39 is 55.2 Å². The largest absolute Gasteiger partial charge is 0.480 e. The number of aliphatic carboxylic acids is 1. The summed E-state index contributed by atoms with van der Waals surface area (Å²) in [5.74, 6) is -2.36. The standard InChI is InChI=1S/C16H12ClF4NO4S/c1-9(15(23)24)22(27(25,26)12-5-3-11(18)4-6-12)14-8-10(16(19,20)21)2-7-13(14)17/h2-9H,1H3,(H,23,24). The number of carbonyl (C=O) groups is 1. The van der Waals surface area contributed by atoms with Gasteiger partial charge in [0.1, 0.15) is 11.9 Å². The van der Waals surface area contributed by atoms with Crippen LogP contribution in [0.3, 0.4) is 0 Å². The van der Waals surface area contributed by atoms with Gasteiger partial charge in [0.05, 0.1) is 21.2 Å². The number of rotatable bonds is 5.